The standard InChI is InChI=1S/C17H18N2/c1-5-16(18-9-10-18)6-2-14(1)13-15-3-7-17(8-4-15)19-11-12-19/h1-8H,9-13H2. The summed E-state index contributed by atoms with van der Waals surface area (Å²) in [5.41, 5.74) is 5.51. The third-order valence-electron chi connectivity index (χ3n) is 3.91. The Labute approximate surface area is 114 Å². The zero-order chi connectivity index (χ0) is 12.7. The third-order valence-corrected chi connectivity index (χ3v) is 3.91. The third kappa shape index (κ3) is 2.43. The van der Waals surface area contributed by atoms with Gasteiger partial charge < -0.3 is 9.80 Å². The lowest BCUT2D eigenvalue weighted by molar-refractivity contribution is 1.19. The van der Waals surface area contributed by atoms with Crippen LogP contribution in [0, 0.1) is 0 Å². The van der Waals surface area contributed by atoms with Gasteiger partial charge in [-0.05, 0) is 41.8 Å². The molecule has 4 rings (SSSR count). The van der Waals surface area contributed by atoms with E-state index in [2.05, 4.69) is 58.3 Å². The van der Waals surface area contributed by atoms with Gasteiger partial charge in [0, 0.05) is 37.6 Å². The van der Waals surface area contributed by atoms with E-state index in [1.165, 1.54) is 48.7 Å². The molecule has 0 unspecified atom stereocenters. The van der Waals surface area contributed by atoms with Crippen molar-refractivity contribution in [2.45, 2.75) is 6.42 Å². The number of nitrogens with zero attached hydrogens (tertiary/aromatic N) is 2. The Morgan fingerprint density at radius 3 is 1.26 bits per heavy atom. The van der Waals surface area contributed by atoms with E-state index in [4.69, 9.17) is 0 Å². The highest BCUT2D eigenvalue weighted by Crippen LogP contribution is 2.24. The van der Waals surface area contributed by atoms with E-state index in [9.17, 15) is 0 Å². The second-order valence-corrected chi connectivity index (χ2v) is 5.48. The summed E-state index contributed by atoms with van der Waals surface area (Å²) in [6.45, 7) is 4.88. The van der Waals surface area contributed by atoms with E-state index in [0.717, 1.165) is 6.42 Å². The molecule has 2 aromatic rings. The van der Waals surface area contributed by atoms with Crippen molar-refractivity contribution in [2.24, 2.45) is 0 Å². The molecule has 0 atom stereocenters. The largest absolute Gasteiger partial charge is 0.368 e. The molecule has 0 spiro atoms. The highest BCUT2D eigenvalue weighted by molar-refractivity contribution is 5.54. The second kappa shape index (κ2) is 4.30. The first-order chi connectivity index (χ1) is 9.38. The molecule has 2 nitrogen and oxygen atoms in total. The smallest absolute Gasteiger partial charge is 0.0367 e. The molecule has 0 saturated carbocycles. The maximum Gasteiger partial charge on any atom is 0.0367 e. The summed E-state index contributed by atoms with van der Waals surface area (Å²) in [6.07, 6.45) is 1.03. The Bertz CT molecular complexity index is 510. The molecule has 0 radical (unpaired) electrons. The van der Waals surface area contributed by atoms with Gasteiger partial charge in [-0.25, -0.2) is 0 Å². The molecule has 2 heterocycles. The summed E-state index contributed by atoms with van der Waals surface area (Å²) in [5.74, 6) is 0. The highest BCUT2D eigenvalue weighted by atomic mass is 15.3. The topological polar surface area (TPSA) is 6.02 Å². The van der Waals surface area contributed by atoms with Gasteiger partial charge in [-0.1, -0.05) is 24.3 Å². The molecule has 0 amide bonds. The van der Waals surface area contributed by atoms with Crippen molar-refractivity contribution >= 4 is 11.4 Å². The maximum absolute atomic E-state index is 2.38. The average Bonchev–Trinajstić information content (AvgIpc) is 3.31. The SMILES string of the molecule is c1cc(N2CC2)ccc1Cc1ccc(N2CC2)cc1. The molecule has 2 aliphatic rings. The summed E-state index contributed by atoms with van der Waals surface area (Å²) in [5, 5.41) is 0. The highest BCUT2D eigenvalue weighted by Gasteiger charge is 2.18. The molecule has 96 valence electrons. The Hall–Kier alpha value is -1.96. The number of hydrogen-bond donors (Lipinski definition) is 0. The van der Waals surface area contributed by atoms with Crippen molar-refractivity contribution in [1.82, 2.24) is 0 Å². The summed E-state index contributed by atoms with van der Waals surface area (Å²) < 4.78 is 0. The molecule has 0 aromatic heterocycles. The molecule has 19 heavy (non-hydrogen) atoms. The first kappa shape index (κ1) is 10.9. The summed E-state index contributed by atoms with van der Waals surface area (Å²) in [7, 11) is 0. The first-order valence-electron chi connectivity index (χ1n) is 7.06. The van der Waals surface area contributed by atoms with Gasteiger partial charge in [0.05, 0.1) is 0 Å². The van der Waals surface area contributed by atoms with Gasteiger partial charge in [-0.15, -0.1) is 0 Å². The number of rotatable bonds is 4. The minimum Gasteiger partial charge on any atom is -0.368 e. The van der Waals surface area contributed by atoms with Gasteiger partial charge in [0.1, 0.15) is 0 Å². The zero-order valence-electron chi connectivity index (χ0n) is 11.0. The summed E-state index contributed by atoms with van der Waals surface area (Å²) >= 11 is 0. The molecule has 0 aliphatic carbocycles. The van der Waals surface area contributed by atoms with Crippen molar-refractivity contribution in [2.75, 3.05) is 36.0 Å². The predicted molar refractivity (Wildman–Crippen MR) is 80.1 cm³/mol. The normalized spacial score (nSPS) is 16.6. The van der Waals surface area contributed by atoms with Crippen LogP contribution in [0.25, 0.3) is 0 Å². The summed E-state index contributed by atoms with van der Waals surface area (Å²) in [6, 6.07) is 18.0. The van der Waals surface area contributed by atoms with Crippen LogP contribution in [0.15, 0.2) is 48.5 Å². The van der Waals surface area contributed by atoms with Crippen molar-refractivity contribution in [1.29, 1.82) is 0 Å². The second-order valence-electron chi connectivity index (χ2n) is 5.48. The first-order valence-corrected chi connectivity index (χ1v) is 7.06. The molecule has 2 fully saturated rings. The van der Waals surface area contributed by atoms with Crippen LogP contribution in [0.1, 0.15) is 11.1 Å². The molecule has 2 aliphatic heterocycles. The quantitative estimate of drug-likeness (QED) is 0.770. The van der Waals surface area contributed by atoms with Crippen molar-refractivity contribution in [3.63, 3.8) is 0 Å². The van der Waals surface area contributed by atoms with Crippen LogP contribution in [0.4, 0.5) is 11.4 Å². The summed E-state index contributed by atoms with van der Waals surface area (Å²) in [4.78, 5) is 4.76. The number of benzene rings is 2. The van der Waals surface area contributed by atoms with E-state index >= 15 is 0 Å². The fourth-order valence-corrected chi connectivity index (χ4v) is 2.50. The molecular formula is C17H18N2. The Kier molecular flexibility index (Phi) is 2.47. The van der Waals surface area contributed by atoms with E-state index in [1.54, 1.807) is 0 Å². The Morgan fingerprint density at radius 1 is 0.579 bits per heavy atom. The molecule has 0 N–H and O–H groups in total. The lowest BCUT2D eigenvalue weighted by Gasteiger charge is -2.07. The van der Waals surface area contributed by atoms with Crippen LogP contribution >= 0.6 is 0 Å². The van der Waals surface area contributed by atoms with E-state index in [0.29, 0.717) is 0 Å². The van der Waals surface area contributed by atoms with Gasteiger partial charge in [0.15, 0.2) is 0 Å². The van der Waals surface area contributed by atoms with E-state index < -0.39 is 0 Å². The fourth-order valence-electron chi connectivity index (χ4n) is 2.50. The van der Waals surface area contributed by atoms with E-state index in [1.807, 2.05) is 0 Å². The van der Waals surface area contributed by atoms with Crippen LogP contribution in [-0.4, -0.2) is 26.2 Å². The molecule has 0 bridgehead atoms. The zero-order valence-corrected chi connectivity index (χ0v) is 11.0. The number of anilines is 2. The number of hydrogen-bond acceptors (Lipinski definition) is 2. The van der Waals surface area contributed by atoms with Crippen molar-refractivity contribution in [3.05, 3.63) is 59.7 Å². The average molecular weight is 250 g/mol. The maximum atomic E-state index is 2.38. The minimum absolute atomic E-state index is 1.03. The minimum atomic E-state index is 1.03. The molecule has 2 saturated heterocycles. The van der Waals surface area contributed by atoms with Crippen LogP contribution < -0.4 is 9.80 Å². The molecule has 2 aromatic carbocycles. The van der Waals surface area contributed by atoms with Crippen LogP contribution in [-0.2, 0) is 6.42 Å². The van der Waals surface area contributed by atoms with Crippen molar-refractivity contribution in [3.8, 4) is 0 Å². The van der Waals surface area contributed by atoms with Crippen LogP contribution in [0.5, 0.6) is 0 Å². The van der Waals surface area contributed by atoms with E-state index in [-0.39, 0.29) is 0 Å². The predicted octanol–water partition coefficient (Wildman–Crippen LogP) is 2.92. The van der Waals surface area contributed by atoms with Gasteiger partial charge in [0.25, 0.3) is 0 Å². The fraction of sp³-hybridized carbons (Fsp3) is 0.294. The van der Waals surface area contributed by atoms with Crippen LogP contribution in [0.3, 0.4) is 0 Å². The van der Waals surface area contributed by atoms with Gasteiger partial charge in [0.2, 0.25) is 0 Å². The Morgan fingerprint density at radius 2 is 0.947 bits per heavy atom. The van der Waals surface area contributed by atoms with Crippen molar-refractivity contribution < 1.29 is 0 Å². The Balaban J connectivity index is 1.46. The van der Waals surface area contributed by atoms with Crippen LogP contribution in [0.2, 0.25) is 0 Å². The molecular weight excluding hydrogens is 232 g/mol. The lowest BCUT2D eigenvalue weighted by Crippen LogP contribution is -1.94. The van der Waals surface area contributed by atoms with Gasteiger partial charge >= 0.3 is 0 Å². The molecule has 2 heteroatoms. The van der Waals surface area contributed by atoms with Gasteiger partial charge in [-0.2, -0.15) is 0 Å². The monoisotopic (exact) mass is 250 g/mol. The lowest BCUT2D eigenvalue weighted by atomic mass is 10.0. The van der Waals surface area contributed by atoms with Gasteiger partial charge in [-0.3, -0.25) is 0 Å².